The summed E-state index contributed by atoms with van der Waals surface area (Å²) in [4.78, 5) is 0. The molecule has 2 rings (SSSR count). The Hall–Kier alpha value is -1.98. The summed E-state index contributed by atoms with van der Waals surface area (Å²) in [7, 11) is 1.49. The predicted molar refractivity (Wildman–Crippen MR) is 55.6 cm³/mol. The molecule has 0 saturated heterocycles. The molecule has 1 N–H and O–H groups in total. The third-order valence-electron chi connectivity index (χ3n) is 2.25. The van der Waals surface area contributed by atoms with Crippen LogP contribution in [0.15, 0.2) is 30.3 Å². The molecule has 6 heteroatoms. The number of ether oxygens (including phenoxy) is 1. The first-order chi connectivity index (χ1) is 8.00. The van der Waals surface area contributed by atoms with E-state index in [1.807, 2.05) is 5.10 Å². The van der Waals surface area contributed by atoms with E-state index in [1.165, 1.54) is 7.11 Å². The van der Waals surface area contributed by atoms with E-state index in [9.17, 15) is 13.2 Å². The van der Waals surface area contributed by atoms with Crippen molar-refractivity contribution in [3.63, 3.8) is 0 Å². The van der Waals surface area contributed by atoms with Crippen molar-refractivity contribution in [2.75, 3.05) is 7.11 Å². The molecule has 0 unspecified atom stereocenters. The lowest BCUT2D eigenvalue weighted by atomic mass is 10.1. The van der Waals surface area contributed by atoms with Gasteiger partial charge in [0.05, 0.1) is 12.8 Å². The monoisotopic (exact) mass is 242 g/mol. The van der Waals surface area contributed by atoms with Crippen LogP contribution in [-0.2, 0) is 6.18 Å². The molecule has 0 fully saturated rings. The van der Waals surface area contributed by atoms with Gasteiger partial charge in [0.1, 0.15) is 11.4 Å². The minimum absolute atomic E-state index is 0.233. The predicted octanol–water partition coefficient (Wildman–Crippen LogP) is 3.10. The zero-order chi connectivity index (χ0) is 12.5. The highest BCUT2D eigenvalue weighted by Gasteiger charge is 2.33. The second-order valence-electron chi connectivity index (χ2n) is 3.40. The summed E-state index contributed by atoms with van der Waals surface area (Å²) in [6.07, 6.45) is -4.41. The van der Waals surface area contributed by atoms with E-state index < -0.39 is 11.9 Å². The van der Waals surface area contributed by atoms with Gasteiger partial charge >= 0.3 is 6.18 Å². The van der Waals surface area contributed by atoms with Gasteiger partial charge in [-0.05, 0) is 18.2 Å². The molecule has 0 atom stereocenters. The summed E-state index contributed by atoms with van der Waals surface area (Å²) in [6.45, 7) is 0. The van der Waals surface area contributed by atoms with Crippen LogP contribution in [-0.4, -0.2) is 17.3 Å². The number of aromatic nitrogens is 2. The molecule has 0 aliphatic heterocycles. The van der Waals surface area contributed by atoms with Gasteiger partial charge in [0, 0.05) is 5.56 Å². The molecular weight excluding hydrogens is 233 g/mol. The molecule has 1 aromatic carbocycles. The van der Waals surface area contributed by atoms with Crippen LogP contribution in [0, 0.1) is 0 Å². The number of halogens is 3. The largest absolute Gasteiger partial charge is 0.497 e. The Morgan fingerprint density at radius 2 is 2.00 bits per heavy atom. The zero-order valence-corrected chi connectivity index (χ0v) is 8.88. The van der Waals surface area contributed by atoms with Crippen molar-refractivity contribution in [1.29, 1.82) is 0 Å². The van der Waals surface area contributed by atoms with Crippen molar-refractivity contribution >= 4 is 0 Å². The molecule has 3 nitrogen and oxygen atoms in total. The van der Waals surface area contributed by atoms with E-state index in [0.717, 1.165) is 6.07 Å². The molecule has 0 radical (unpaired) electrons. The van der Waals surface area contributed by atoms with Crippen molar-refractivity contribution in [1.82, 2.24) is 10.2 Å². The van der Waals surface area contributed by atoms with E-state index in [1.54, 1.807) is 24.3 Å². The van der Waals surface area contributed by atoms with Gasteiger partial charge in [0.2, 0.25) is 0 Å². The minimum atomic E-state index is -4.41. The number of rotatable bonds is 2. The SMILES string of the molecule is COc1cccc(-c2cc(C(F)(F)F)[nH]n2)c1. The second kappa shape index (κ2) is 4.12. The van der Waals surface area contributed by atoms with Gasteiger partial charge in [-0.25, -0.2) is 0 Å². The van der Waals surface area contributed by atoms with Gasteiger partial charge < -0.3 is 4.74 Å². The second-order valence-corrected chi connectivity index (χ2v) is 3.40. The van der Waals surface area contributed by atoms with Crippen molar-refractivity contribution in [3.8, 4) is 17.0 Å². The van der Waals surface area contributed by atoms with Gasteiger partial charge in [-0.1, -0.05) is 12.1 Å². The third-order valence-corrected chi connectivity index (χ3v) is 2.25. The molecular formula is C11H9F3N2O. The molecule has 1 aromatic heterocycles. The van der Waals surface area contributed by atoms with Crippen molar-refractivity contribution in [2.45, 2.75) is 6.18 Å². The van der Waals surface area contributed by atoms with Gasteiger partial charge in [0.25, 0.3) is 0 Å². The highest BCUT2D eigenvalue weighted by molar-refractivity contribution is 5.61. The van der Waals surface area contributed by atoms with Crippen LogP contribution in [0.4, 0.5) is 13.2 Å². The number of hydrogen-bond donors (Lipinski definition) is 1. The van der Waals surface area contributed by atoms with Crippen LogP contribution < -0.4 is 4.74 Å². The molecule has 0 amide bonds. The van der Waals surface area contributed by atoms with E-state index in [2.05, 4.69) is 5.10 Å². The first-order valence-corrected chi connectivity index (χ1v) is 4.78. The average Bonchev–Trinajstić information content (AvgIpc) is 2.78. The average molecular weight is 242 g/mol. The van der Waals surface area contributed by atoms with Crippen LogP contribution in [0.25, 0.3) is 11.3 Å². The molecule has 1 heterocycles. The van der Waals surface area contributed by atoms with Gasteiger partial charge in [-0.15, -0.1) is 0 Å². The Labute approximate surface area is 95.2 Å². The van der Waals surface area contributed by atoms with E-state index in [0.29, 0.717) is 11.3 Å². The van der Waals surface area contributed by atoms with Crippen LogP contribution >= 0.6 is 0 Å². The number of H-pyrrole nitrogens is 1. The number of methoxy groups -OCH3 is 1. The summed E-state index contributed by atoms with van der Waals surface area (Å²) in [5, 5.41) is 5.59. The molecule has 0 bridgehead atoms. The normalized spacial score (nSPS) is 11.5. The Morgan fingerprint density at radius 1 is 1.24 bits per heavy atom. The molecule has 90 valence electrons. The van der Waals surface area contributed by atoms with Gasteiger partial charge in [-0.2, -0.15) is 18.3 Å². The number of aromatic amines is 1. The van der Waals surface area contributed by atoms with Crippen molar-refractivity contribution < 1.29 is 17.9 Å². The molecule has 0 aliphatic rings. The fourth-order valence-electron chi connectivity index (χ4n) is 1.40. The lowest BCUT2D eigenvalue weighted by Gasteiger charge is -2.01. The maximum atomic E-state index is 12.4. The fourth-order valence-corrected chi connectivity index (χ4v) is 1.40. The highest BCUT2D eigenvalue weighted by atomic mass is 19.4. The quantitative estimate of drug-likeness (QED) is 0.878. The Bertz CT molecular complexity index is 519. The summed E-state index contributed by atoms with van der Waals surface area (Å²) in [5.74, 6) is 0.569. The summed E-state index contributed by atoms with van der Waals surface area (Å²) in [6, 6.07) is 7.65. The van der Waals surface area contributed by atoms with Crippen LogP contribution in [0.2, 0.25) is 0 Å². The standard InChI is InChI=1S/C11H9F3N2O/c1-17-8-4-2-3-7(5-8)9-6-10(16-15-9)11(12,13)14/h2-6H,1H3,(H,15,16). The topological polar surface area (TPSA) is 37.9 Å². The van der Waals surface area contributed by atoms with E-state index in [-0.39, 0.29) is 5.69 Å². The molecule has 0 spiro atoms. The number of nitrogens with one attached hydrogen (secondary N) is 1. The lowest BCUT2D eigenvalue weighted by Crippen LogP contribution is -2.04. The van der Waals surface area contributed by atoms with Gasteiger partial charge in [-0.3, -0.25) is 5.10 Å². The van der Waals surface area contributed by atoms with E-state index in [4.69, 9.17) is 4.74 Å². The number of benzene rings is 1. The molecule has 0 aliphatic carbocycles. The summed E-state index contributed by atoms with van der Waals surface area (Å²) < 4.78 is 42.1. The Balaban J connectivity index is 2.37. The Morgan fingerprint density at radius 3 is 2.59 bits per heavy atom. The highest BCUT2D eigenvalue weighted by Crippen LogP contribution is 2.30. The summed E-state index contributed by atoms with van der Waals surface area (Å²) >= 11 is 0. The number of nitrogens with zero attached hydrogens (tertiary/aromatic N) is 1. The van der Waals surface area contributed by atoms with Crippen LogP contribution in [0.5, 0.6) is 5.75 Å². The lowest BCUT2D eigenvalue weighted by molar-refractivity contribution is -0.141. The Kier molecular flexibility index (Phi) is 2.79. The first kappa shape index (κ1) is 11.5. The maximum Gasteiger partial charge on any atom is 0.432 e. The first-order valence-electron chi connectivity index (χ1n) is 4.78. The maximum absolute atomic E-state index is 12.4. The number of alkyl halides is 3. The van der Waals surface area contributed by atoms with Crippen LogP contribution in [0.3, 0.4) is 0 Å². The molecule has 2 aromatic rings. The number of hydrogen-bond acceptors (Lipinski definition) is 2. The summed E-state index contributed by atoms with van der Waals surface area (Å²) in [5.41, 5.74) is -0.0670. The molecule has 0 saturated carbocycles. The van der Waals surface area contributed by atoms with Crippen LogP contribution in [0.1, 0.15) is 5.69 Å². The minimum Gasteiger partial charge on any atom is -0.497 e. The fraction of sp³-hybridized carbons (Fsp3) is 0.182. The van der Waals surface area contributed by atoms with E-state index >= 15 is 0 Å². The smallest absolute Gasteiger partial charge is 0.432 e. The third kappa shape index (κ3) is 2.41. The van der Waals surface area contributed by atoms with Crippen molar-refractivity contribution in [3.05, 3.63) is 36.0 Å². The van der Waals surface area contributed by atoms with Gasteiger partial charge in [0.15, 0.2) is 0 Å². The zero-order valence-electron chi connectivity index (χ0n) is 8.88. The van der Waals surface area contributed by atoms with Crippen molar-refractivity contribution in [2.24, 2.45) is 0 Å². The molecule has 17 heavy (non-hydrogen) atoms.